The van der Waals surface area contributed by atoms with E-state index in [1.54, 1.807) is 19.1 Å². The van der Waals surface area contributed by atoms with Crippen molar-refractivity contribution in [2.45, 2.75) is 52.0 Å². The highest BCUT2D eigenvalue weighted by atomic mass is 32.1. The van der Waals surface area contributed by atoms with Crippen LogP contribution in [0.1, 0.15) is 59.0 Å². The normalized spacial score (nSPS) is 11.4. The molecule has 0 spiro atoms. The van der Waals surface area contributed by atoms with Crippen LogP contribution in [-0.2, 0) is 11.2 Å². The molecular weight excluding hydrogens is 355 g/mol. The molecule has 0 aliphatic heterocycles. The van der Waals surface area contributed by atoms with Gasteiger partial charge in [0.25, 0.3) is 5.91 Å². The minimum atomic E-state index is -0.938. The van der Waals surface area contributed by atoms with Gasteiger partial charge in [-0.3, -0.25) is 9.59 Å². The molecule has 0 fully saturated rings. The van der Waals surface area contributed by atoms with Crippen molar-refractivity contribution in [3.63, 3.8) is 0 Å². The third-order valence-corrected chi connectivity index (χ3v) is 5.69. The number of aryl methyl sites for hydroxylation is 1. The van der Waals surface area contributed by atoms with Gasteiger partial charge in [-0.15, -0.1) is 11.3 Å². The van der Waals surface area contributed by atoms with Crippen molar-refractivity contribution in [1.29, 1.82) is 0 Å². The standard InChI is InChI=1S/C19H23FN2O3S/c1-4-19(5-2,11-16(23)24)22-18(25)17-12(3)21-15(26-17)10-13-6-8-14(20)9-7-13/h6-9H,4-5,10-11H2,1-3H3,(H,22,25)(H,23,24). The highest BCUT2D eigenvalue weighted by molar-refractivity contribution is 7.13. The second-order valence-electron chi connectivity index (χ2n) is 6.34. The Morgan fingerprint density at radius 1 is 1.23 bits per heavy atom. The van der Waals surface area contributed by atoms with Gasteiger partial charge in [0.15, 0.2) is 0 Å². The smallest absolute Gasteiger partial charge is 0.305 e. The Kier molecular flexibility index (Phi) is 6.47. The maximum absolute atomic E-state index is 13.0. The first-order chi connectivity index (χ1) is 12.3. The SMILES string of the molecule is CCC(CC)(CC(=O)O)NC(=O)c1sc(Cc2ccc(F)cc2)nc1C. The van der Waals surface area contributed by atoms with E-state index < -0.39 is 11.5 Å². The number of carboxylic acids is 1. The van der Waals surface area contributed by atoms with E-state index in [9.17, 15) is 14.0 Å². The highest BCUT2D eigenvalue weighted by Crippen LogP contribution is 2.25. The van der Waals surface area contributed by atoms with Crippen molar-refractivity contribution >= 4 is 23.2 Å². The van der Waals surface area contributed by atoms with Crippen LogP contribution in [-0.4, -0.2) is 27.5 Å². The largest absolute Gasteiger partial charge is 0.481 e. The van der Waals surface area contributed by atoms with Gasteiger partial charge in [0.05, 0.1) is 22.7 Å². The molecule has 0 aliphatic carbocycles. The molecule has 140 valence electrons. The number of carbonyl (C=O) groups excluding carboxylic acids is 1. The summed E-state index contributed by atoms with van der Waals surface area (Å²) in [4.78, 5) is 28.8. The third kappa shape index (κ3) is 4.88. The molecular formula is C19H23FN2O3S. The second-order valence-corrected chi connectivity index (χ2v) is 7.42. The lowest BCUT2D eigenvalue weighted by Gasteiger charge is -2.31. The number of benzene rings is 1. The van der Waals surface area contributed by atoms with Gasteiger partial charge < -0.3 is 10.4 Å². The minimum Gasteiger partial charge on any atom is -0.481 e. The van der Waals surface area contributed by atoms with E-state index in [2.05, 4.69) is 10.3 Å². The van der Waals surface area contributed by atoms with Crippen LogP contribution >= 0.6 is 11.3 Å². The lowest BCUT2D eigenvalue weighted by atomic mass is 9.89. The number of hydrogen-bond donors (Lipinski definition) is 2. The summed E-state index contributed by atoms with van der Waals surface area (Å²) < 4.78 is 13.0. The minimum absolute atomic E-state index is 0.119. The summed E-state index contributed by atoms with van der Waals surface area (Å²) in [7, 11) is 0. The zero-order valence-corrected chi connectivity index (χ0v) is 16.0. The van der Waals surface area contributed by atoms with Crippen LogP contribution in [0.5, 0.6) is 0 Å². The average Bonchev–Trinajstić information content (AvgIpc) is 2.96. The highest BCUT2D eigenvalue weighted by Gasteiger charge is 2.32. The van der Waals surface area contributed by atoms with E-state index in [1.807, 2.05) is 13.8 Å². The fourth-order valence-corrected chi connectivity index (χ4v) is 3.82. The number of nitrogens with one attached hydrogen (secondary N) is 1. The number of aromatic nitrogens is 1. The van der Waals surface area contributed by atoms with Crippen LogP contribution in [0.2, 0.25) is 0 Å². The Bertz CT molecular complexity index is 783. The average molecular weight is 378 g/mol. The molecule has 2 N–H and O–H groups in total. The van der Waals surface area contributed by atoms with Gasteiger partial charge in [0, 0.05) is 6.42 Å². The number of rotatable bonds is 8. The molecule has 1 aromatic carbocycles. The molecule has 0 aliphatic rings. The Hall–Kier alpha value is -2.28. The molecule has 0 saturated heterocycles. The molecule has 1 aromatic heterocycles. The van der Waals surface area contributed by atoms with Crippen LogP contribution in [0.4, 0.5) is 4.39 Å². The number of nitrogens with zero attached hydrogens (tertiary/aromatic N) is 1. The van der Waals surface area contributed by atoms with Crippen LogP contribution in [0.3, 0.4) is 0 Å². The van der Waals surface area contributed by atoms with Gasteiger partial charge in [-0.25, -0.2) is 9.37 Å². The molecule has 0 bridgehead atoms. The topological polar surface area (TPSA) is 79.3 Å². The number of aliphatic carboxylic acids is 1. The summed E-state index contributed by atoms with van der Waals surface area (Å²) in [6.45, 7) is 5.49. The lowest BCUT2D eigenvalue weighted by molar-refractivity contribution is -0.138. The van der Waals surface area contributed by atoms with Crippen molar-refractivity contribution in [3.8, 4) is 0 Å². The van der Waals surface area contributed by atoms with E-state index in [1.165, 1.54) is 23.5 Å². The summed E-state index contributed by atoms with van der Waals surface area (Å²) in [6, 6.07) is 6.17. The van der Waals surface area contributed by atoms with Crippen LogP contribution in [0.25, 0.3) is 0 Å². The number of thiazole rings is 1. The van der Waals surface area contributed by atoms with Gasteiger partial charge in [-0.1, -0.05) is 26.0 Å². The first-order valence-electron chi connectivity index (χ1n) is 8.53. The summed E-state index contributed by atoms with van der Waals surface area (Å²) in [5.74, 6) is -1.53. The predicted molar refractivity (Wildman–Crippen MR) is 99.1 cm³/mol. The Balaban J connectivity index is 2.17. The fourth-order valence-electron chi connectivity index (χ4n) is 2.82. The summed E-state index contributed by atoms with van der Waals surface area (Å²) >= 11 is 1.28. The molecule has 1 heterocycles. The quantitative estimate of drug-likeness (QED) is 0.729. The van der Waals surface area contributed by atoms with Crippen LogP contribution in [0.15, 0.2) is 24.3 Å². The van der Waals surface area contributed by atoms with E-state index in [-0.39, 0.29) is 18.1 Å². The zero-order chi connectivity index (χ0) is 19.3. The van der Waals surface area contributed by atoms with E-state index in [4.69, 9.17) is 5.11 Å². The first kappa shape index (κ1) is 20.0. The number of hydrogen-bond acceptors (Lipinski definition) is 4. The number of carbonyl (C=O) groups is 2. The summed E-state index contributed by atoms with van der Waals surface area (Å²) in [6.07, 6.45) is 1.45. The third-order valence-electron chi connectivity index (χ3n) is 4.54. The Labute approximate surface area is 156 Å². The van der Waals surface area contributed by atoms with Crippen molar-refractivity contribution < 1.29 is 19.1 Å². The molecule has 1 amide bonds. The molecule has 2 aromatic rings. The fraction of sp³-hybridized carbons (Fsp3) is 0.421. The van der Waals surface area contributed by atoms with Crippen LogP contribution in [0, 0.1) is 12.7 Å². The monoisotopic (exact) mass is 378 g/mol. The van der Waals surface area contributed by atoms with E-state index in [0.717, 1.165) is 10.6 Å². The molecule has 0 atom stereocenters. The van der Waals surface area contributed by atoms with Crippen molar-refractivity contribution in [2.75, 3.05) is 0 Å². The van der Waals surface area contributed by atoms with Gasteiger partial charge in [-0.2, -0.15) is 0 Å². The zero-order valence-electron chi connectivity index (χ0n) is 15.1. The Morgan fingerprint density at radius 3 is 2.38 bits per heavy atom. The first-order valence-corrected chi connectivity index (χ1v) is 9.35. The molecule has 0 saturated carbocycles. The van der Waals surface area contributed by atoms with Gasteiger partial charge in [-0.05, 0) is 37.5 Å². The van der Waals surface area contributed by atoms with Crippen molar-refractivity contribution in [3.05, 3.63) is 51.2 Å². The lowest BCUT2D eigenvalue weighted by Crippen LogP contribution is -2.49. The summed E-state index contributed by atoms with van der Waals surface area (Å²) in [5, 5.41) is 12.8. The van der Waals surface area contributed by atoms with E-state index >= 15 is 0 Å². The summed E-state index contributed by atoms with van der Waals surface area (Å²) in [5.41, 5.74) is 0.756. The molecule has 2 rings (SSSR count). The predicted octanol–water partition coefficient (Wildman–Crippen LogP) is 3.94. The second kappa shape index (κ2) is 8.40. The van der Waals surface area contributed by atoms with Gasteiger partial charge >= 0.3 is 5.97 Å². The Morgan fingerprint density at radius 2 is 1.85 bits per heavy atom. The van der Waals surface area contributed by atoms with E-state index in [0.29, 0.717) is 29.8 Å². The number of carboxylic acid groups (broad SMARTS) is 1. The number of amides is 1. The maximum atomic E-state index is 13.0. The van der Waals surface area contributed by atoms with Gasteiger partial charge in [0.1, 0.15) is 10.7 Å². The molecule has 0 unspecified atom stereocenters. The van der Waals surface area contributed by atoms with Crippen LogP contribution < -0.4 is 5.32 Å². The molecule has 7 heteroatoms. The number of halogens is 1. The molecule has 26 heavy (non-hydrogen) atoms. The van der Waals surface area contributed by atoms with Crippen molar-refractivity contribution in [1.82, 2.24) is 10.3 Å². The molecule has 5 nitrogen and oxygen atoms in total. The van der Waals surface area contributed by atoms with Gasteiger partial charge in [0.2, 0.25) is 0 Å². The maximum Gasteiger partial charge on any atom is 0.305 e. The van der Waals surface area contributed by atoms with Crippen molar-refractivity contribution in [2.24, 2.45) is 0 Å². The molecule has 0 radical (unpaired) electrons.